The van der Waals surface area contributed by atoms with Gasteiger partial charge in [0.05, 0.1) is 0 Å². The van der Waals surface area contributed by atoms with Crippen molar-refractivity contribution in [3.63, 3.8) is 0 Å². The van der Waals surface area contributed by atoms with Gasteiger partial charge in [-0.1, -0.05) is 70.0 Å². The van der Waals surface area contributed by atoms with Crippen molar-refractivity contribution in [3.05, 3.63) is 94.1 Å². The van der Waals surface area contributed by atoms with Crippen LogP contribution in [0.5, 0.6) is 0 Å². The molecule has 2 nitrogen and oxygen atoms in total. The topological polar surface area (TPSA) is 37.3 Å². The number of halogens is 2. The van der Waals surface area contributed by atoms with Gasteiger partial charge in [0.2, 0.25) is 0 Å². The Morgan fingerprint density at radius 3 is 1.93 bits per heavy atom. The van der Waals surface area contributed by atoms with Crippen LogP contribution in [0.3, 0.4) is 0 Å². The number of aliphatic hydroxyl groups excluding tert-OH is 1. The minimum atomic E-state index is -0.297. The highest BCUT2D eigenvalue weighted by atomic mass is 19.1. The number of hydrogen-bond donors (Lipinski definition) is 1. The Bertz CT molecular complexity index is 1340. The molecule has 2 aromatic carbocycles. The van der Waals surface area contributed by atoms with E-state index in [2.05, 4.69) is 33.8 Å². The van der Waals surface area contributed by atoms with Gasteiger partial charge in [-0.2, -0.15) is 0 Å². The molecule has 5 rings (SSSR count). The van der Waals surface area contributed by atoms with Crippen LogP contribution in [-0.4, -0.2) is 17.5 Å². The molecule has 1 N–H and O–H groups in total. The molecule has 2 aromatic rings. The lowest BCUT2D eigenvalue weighted by atomic mass is 9.62. The minimum Gasteiger partial charge on any atom is -0.396 e. The zero-order chi connectivity index (χ0) is 29.4. The summed E-state index contributed by atoms with van der Waals surface area (Å²) >= 11 is 0. The normalized spacial score (nSPS) is 27.0. The van der Waals surface area contributed by atoms with Gasteiger partial charge >= 0.3 is 0 Å². The van der Waals surface area contributed by atoms with E-state index in [-0.39, 0.29) is 40.8 Å². The smallest absolute Gasteiger partial charge is 0.185 e. The Hall–Kier alpha value is -2.85. The van der Waals surface area contributed by atoms with Crippen molar-refractivity contribution in [1.82, 2.24) is 0 Å². The number of ketones is 1. The molecule has 0 aromatic heterocycles. The fourth-order valence-corrected chi connectivity index (χ4v) is 7.81. The number of benzene rings is 2. The third-order valence-corrected chi connectivity index (χ3v) is 10.3. The van der Waals surface area contributed by atoms with Crippen LogP contribution in [0, 0.1) is 46.1 Å². The molecule has 0 heterocycles. The maximum absolute atomic E-state index is 13.9. The third kappa shape index (κ3) is 6.33. The summed E-state index contributed by atoms with van der Waals surface area (Å²) in [5.41, 5.74) is 4.49. The average Bonchev–Trinajstić information content (AvgIpc) is 2.97. The van der Waals surface area contributed by atoms with Gasteiger partial charge in [-0.15, -0.1) is 0 Å². The lowest BCUT2D eigenvalue weighted by Gasteiger charge is -2.43. The van der Waals surface area contributed by atoms with Crippen LogP contribution in [0.25, 0.3) is 12.2 Å². The van der Waals surface area contributed by atoms with E-state index in [0.29, 0.717) is 30.6 Å². The molecule has 3 aliphatic carbocycles. The first-order chi connectivity index (χ1) is 19.5. The highest BCUT2D eigenvalue weighted by Gasteiger charge is 2.51. The zero-order valence-electron chi connectivity index (χ0n) is 24.9. The van der Waals surface area contributed by atoms with Crippen LogP contribution in [0.2, 0.25) is 0 Å². The van der Waals surface area contributed by atoms with Crippen molar-refractivity contribution < 1.29 is 18.7 Å². The molecule has 218 valence electrons. The molecule has 0 saturated heterocycles. The molecule has 0 bridgehead atoms. The molecule has 0 amide bonds. The first-order valence-corrected chi connectivity index (χ1v) is 15.3. The van der Waals surface area contributed by atoms with Crippen molar-refractivity contribution >= 4 is 17.9 Å². The van der Waals surface area contributed by atoms with Gasteiger partial charge in [0.25, 0.3) is 0 Å². The first-order valence-electron chi connectivity index (χ1n) is 15.3. The molecule has 0 radical (unpaired) electrons. The summed E-state index contributed by atoms with van der Waals surface area (Å²) in [5, 5.41) is 10.4. The van der Waals surface area contributed by atoms with Crippen LogP contribution in [0.4, 0.5) is 8.78 Å². The predicted octanol–water partition coefficient (Wildman–Crippen LogP) is 9.21. The Morgan fingerprint density at radius 2 is 1.44 bits per heavy atom. The van der Waals surface area contributed by atoms with Crippen LogP contribution >= 0.6 is 0 Å². The van der Waals surface area contributed by atoms with Gasteiger partial charge in [-0.05, 0) is 121 Å². The second-order valence-electron chi connectivity index (χ2n) is 13.8. The molecule has 2 fully saturated rings. The molecule has 3 atom stereocenters. The molecule has 3 aliphatic rings. The Labute approximate surface area is 244 Å². The lowest BCUT2D eigenvalue weighted by molar-refractivity contribution is -0.112. The summed E-state index contributed by atoms with van der Waals surface area (Å²) in [4.78, 5) is 13.9. The standard InChI is InChI=1S/C37H44F2O2/c1-36(2)22-33(37(3,4)34(36)23-40)32(27-6-5-7-27)21-26-8-13-28(18-24-9-14-30(38)15-10-24)35(41)29(20-26)19-25-11-16-31(39)17-12-25/h9-12,14-19,22,26-27,32,34,40H,5-8,13,20-21,23H2,1-4H3. The number of aliphatic hydroxyl groups is 1. The number of rotatable bonds is 7. The quantitative estimate of drug-likeness (QED) is 0.209. The fourth-order valence-electron chi connectivity index (χ4n) is 7.81. The van der Waals surface area contributed by atoms with E-state index in [0.717, 1.165) is 35.1 Å². The average molecular weight is 559 g/mol. The Morgan fingerprint density at radius 1 is 0.878 bits per heavy atom. The fraction of sp³-hybridized carbons (Fsp3) is 0.486. The maximum atomic E-state index is 13.9. The second-order valence-corrected chi connectivity index (χ2v) is 13.8. The predicted molar refractivity (Wildman–Crippen MR) is 163 cm³/mol. The lowest BCUT2D eigenvalue weighted by Crippen LogP contribution is -2.36. The van der Waals surface area contributed by atoms with E-state index < -0.39 is 0 Å². The monoisotopic (exact) mass is 558 g/mol. The van der Waals surface area contributed by atoms with Crippen molar-refractivity contribution in [2.24, 2.45) is 34.5 Å². The molecular formula is C37H44F2O2. The van der Waals surface area contributed by atoms with E-state index in [4.69, 9.17) is 0 Å². The van der Waals surface area contributed by atoms with Gasteiger partial charge in [0.15, 0.2) is 5.78 Å². The van der Waals surface area contributed by atoms with Gasteiger partial charge in [-0.3, -0.25) is 4.79 Å². The molecule has 0 aliphatic heterocycles. The van der Waals surface area contributed by atoms with Crippen LogP contribution in [0.1, 0.15) is 83.8 Å². The number of carbonyl (C=O) groups excluding carboxylic acids is 1. The van der Waals surface area contributed by atoms with Crippen molar-refractivity contribution in [2.45, 2.75) is 72.6 Å². The van der Waals surface area contributed by atoms with E-state index in [1.807, 2.05) is 12.2 Å². The second kappa shape index (κ2) is 11.8. The highest BCUT2D eigenvalue weighted by molar-refractivity contribution is 6.13. The molecule has 4 heteroatoms. The van der Waals surface area contributed by atoms with E-state index >= 15 is 0 Å². The van der Waals surface area contributed by atoms with Crippen LogP contribution in [-0.2, 0) is 4.79 Å². The summed E-state index contributed by atoms with van der Waals surface area (Å²) in [7, 11) is 0. The molecule has 3 unspecified atom stereocenters. The molecular weight excluding hydrogens is 514 g/mol. The first kappa shape index (κ1) is 29.6. The summed E-state index contributed by atoms with van der Waals surface area (Å²) in [6, 6.07) is 12.6. The van der Waals surface area contributed by atoms with E-state index in [1.54, 1.807) is 24.3 Å². The summed E-state index contributed by atoms with van der Waals surface area (Å²) in [6.45, 7) is 9.29. The van der Waals surface area contributed by atoms with Gasteiger partial charge in [0, 0.05) is 17.8 Å². The zero-order valence-corrected chi connectivity index (χ0v) is 24.9. The van der Waals surface area contributed by atoms with E-state index in [1.165, 1.54) is 49.1 Å². The van der Waals surface area contributed by atoms with Gasteiger partial charge in [0.1, 0.15) is 11.6 Å². The van der Waals surface area contributed by atoms with Crippen molar-refractivity contribution in [3.8, 4) is 0 Å². The number of carbonyl (C=O) groups is 1. The number of Topliss-reactive ketones (excluding diaryl/α,β-unsaturated/α-hetero) is 1. The third-order valence-electron chi connectivity index (χ3n) is 10.3. The number of allylic oxidation sites excluding steroid dienone is 4. The van der Waals surface area contributed by atoms with Crippen molar-refractivity contribution in [1.29, 1.82) is 0 Å². The van der Waals surface area contributed by atoms with Gasteiger partial charge < -0.3 is 5.11 Å². The SMILES string of the molecule is CC1(C)C=C(C(CC2CCC(=Cc3ccc(F)cc3)C(=O)C(=Cc3ccc(F)cc3)C2)C2CCC2)C(C)(C)C1CO. The molecule has 0 spiro atoms. The van der Waals surface area contributed by atoms with Gasteiger partial charge in [-0.25, -0.2) is 8.78 Å². The number of hydrogen-bond acceptors (Lipinski definition) is 2. The molecule has 2 saturated carbocycles. The summed E-state index contributed by atoms with van der Waals surface area (Å²) < 4.78 is 27.2. The molecule has 41 heavy (non-hydrogen) atoms. The summed E-state index contributed by atoms with van der Waals surface area (Å²) in [6.07, 6.45) is 13.3. The highest BCUT2D eigenvalue weighted by Crippen LogP contribution is 2.58. The minimum absolute atomic E-state index is 0.0308. The Kier molecular flexibility index (Phi) is 8.53. The summed E-state index contributed by atoms with van der Waals surface area (Å²) in [5.74, 6) is 1.02. The largest absolute Gasteiger partial charge is 0.396 e. The van der Waals surface area contributed by atoms with Crippen molar-refractivity contribution in [2.75, 3.05) is 6.61 Å². The Balaban J connectivity index is 1.48. The van der Waals surface area contributed by atoms with Crippen LogP contribution < -0.4 is 0 Å². The maximum Gasteiger partial charge on any atom is 0.185 e. The van der Waals surface area contributed by atoms with Crippen LogP contribution in [0.15, 0.2) is 71.3 Å². The van der Waals surface area contributed by atoms with E-state index in [9.17, 15) is 18.7 Å².